The topological polar surface area (TPSA) is 65.5 Å². The fourth-order valence-corrected chi connectivity index (χ4v) is 2.39. The van der Waals surface area contributed by atoms with Gasteiger partial charge in [-0.2, -0.15) is 0 Å². The molecule has 0 radical (unpaired) electrons. The van der Waals surface area contributed by atoms with Crippen LogP contribution in [-0.2, 0) is 6.54 Å². The minimum atomic E-state index is -0.0186. The van der Waals surface area contributed by atoms with E-state index < -0.39 is 0 Å². The second kappa shape index (κ2) is 13.9. The first kappa shape index (κ1) is 23.7. The highest BCUT2D eigenvalue weighted by molar-refractivity contribution is 14.0. The highest BCUT2D eigenvalue weighted by atomic mass is 127. The summed E-state index contributed by atoms with van der Waals surface area (Å²) in [6.07, 6.45) is 3.26. The molecule has 25 heavy (non-hydrogen) atoms. The van der Waals surface area contributed by atoms with Crippen LogP contribution in [0.1, 0.15) is 56.0 Å². The van der Waals surface area contributed by atoms with Gasteiger partial charge in [0.25, 0.3) is 5.91 Å². The molecule has 0 aromatic heterocycles. The summed E-state index contributed by atoms with van der Waals surface area (Å²) in [5, 5.41) is 9.57. The van der Waals surface area contributed by atoms with E-state index in [0.29, 0.717) is 24.6 Å². The molecule has 5 nitrogen and oxygen atoms in total. The predicted octanol–water partition coefficient (Wildman–Crippen LogP) is 3.55. The molecule has 0 saturated carbocycles. The van der Waals surface area contributed by atoms with Crippen molar-refractivity contribution < 1.29 is 4.79 Å². The van der Waals surface area contributed by atoms with E-state index in [2.05, 4.69) is 34.8 Å². The molecule has 0 spiro atoms. The molecule has 0 fully saturated rings. The van der Waals surface area contributed by atoms with Gasteiger partial charge >= 0.3 is 0 Å². The summed E-state index contributed by atoms with van der Waals surface area (Å²) in [6.45, 7) is 8.72. The van der Waals surface area contributed by atoms with Crippen LogP contribution < -0.4 is 16.0 Å². The number of rotatable bonds is 9. The SMILES string of the molecule is CCCNC(=O)c1cccc(CNC(=NC)NCC(CC)CC)c1.I. The van der Waals surface area contributed by atoms with Gasteiger partial charge in [-0.1, -0.05) is 45.7 Å². The maximum atomic E-state index is 12.0. The summed E-state index contributed by atoms with van der Waals surface area (Å²) < 4.78 is 0. The van der Waals surface area contributed by atoms with Crippen molar-refractivity contribution in [1.29, 1.82) is 0 Å². The van der Waals surface area contributed by atoms with Gasteiger partial charge in [-0.3, -0.25) is 9.79 Å². The third kappa shape index (κ3) is 9.09. The molecular weight excluding hydrogens is 427 g/mol. The molecule has 0 heterocycles. The summed E-state index contributed by atoms with van der Waals surface area (Å²) in [7, 11) is 1.77. The zero-order valence-corrected chi connectivity index (χ0v) is 18.2. The van der Waals surface area contributed by atoms with Crippen molar-refractivity contribution in [1.82, 2.24) is 16.0 Å². The highest BCUT2D eigenvalue weighted by Gasteiger charge is 2.07. The number of hydrogen-bond acceptors (Lipinski definition) is 2. The third-order valence-corrected chi connectivity index (χ3v) is 4.12. The molecule has 1 aromatic carbocycles. The van der Waals surface area contributed by atoms with Crippen molar-refractivity contribution in [3.05, 3.63) is 35.4 Å². The van der Waals surface area contributed by atoms with E-state index in [1.807, 2.05) is 31.2 Å². The fourth-order valence-electron chi connectivity index (χ4n) is 2.39. The number of nitrogens with zero attached hydrogens (tertiary/aromatic N) is 1. The molecule has 0 aliphatic rings. The Labute approximate surface area is 169 Å². The lowest BCUT2D eigenvalue weighted by atomic mass is 10.0. The smallest absolute Gasteiger partial charge is 0.251 e. The van der Waals surface area contributed by atoms with E-state index in [1.54, 1.807) is 7.05 Å². The molecule has 0 atom stereocenters. The molecule has 6 heteroatoms. The van der Waals surface area contributed by atoms with Gasteiger partial charge in [-0.25, -0.2) is 0 Å². The predicted molar refractivity (Wildman–Crippen MR) is 117 cm³/mol. The number of halogens is 1. The Morgan fingerprint density at radius 2 is 1.84 bits per heavy atom. The first-order valence-corrected chi connectivity index (χ1v) is 8.96. The van der Waals surface area contributed by atoms with Crippen molar-refractivity contribution in [2.45, 2.75) is 46.6 Å². The lowest BCUT2D eigenvalue weighted by Gasteiger charge is -2.17. The van der Waals surface area contributed by atoms with Crippen LogP contribution in [0.2, 0.25) is 0 Å². The van der Waals surface area contributed by atoms with Gasteiger partial charge in [0.05, 0.1) is 0 Å². The number of hydrogen-bond donors (Lipinski definition) is 3. The van der Waals surface area contributed by atoms with Crippen LogP contribution in [0.25, 0.3) is 0 Å². The Balaban J connectivity index is 0.00000576. The van der Waals surface area contributed by atoms with E-state index >= 15 is 0 Å². The average Bonchev–Trinajstić information content (AvgIpc) is 2.63. The Kier molecular flexibility index (Phi) is 13.2. The number of carbonyl (C=O) groups excluding carboxylic acids is 1. The monoisotopic (exact) mass is 460 g/mol. The number of aliphatic imine (C=N–C) groups is 1. The van der Waals surface area contributed by atoms with Gasteiger partial charge in [-0.05, 0) is 30.0 Å². The second-order valence-corrected chi connectivity index (χ2v) is 5.95. The van der Waals surface area contributed by atoms with Gasteiger partial charge in [0.15, 0.2) is 5.96 Å². The standard InChI is InChI=1S/C19H32N4O.HI/c1-5-11-21-18(24)17-10-8-9-16(12-17)14-23-19(20-4)22-13-15(6-2)7-3;/h8-10,12,15H,5-7,11,13-14H2,1-4H3,(H,21,24)(H2,20,22,23);1H. The third-order valence-electron chi connectivity index (χ3n) is 4.12. The first-order valence-electron chi connectivity index (χ1n) is 8.96. The molecule has 0 aliphatic heterocycles. The van der Waals surface area contributed by atoms with E-state index in [0.717, 1.165) is 37.3 Å². The van der Waals surface area contributed by atoms with Crippen molar-refractivity contribution >= 4 is 35.8 Å². The van der Waals surface area contributed by atoms with Crippen LogP contribution in [0.5, 0.6) is 0 Å². The van der Waals surface area contributed by atoms with Gasteiger partial charge < -0.3 is 16.0 Å². The highest BCUT2D eigenvalue weighted by Crippen LogP contribution is 2.06. The van der Waals surface area contributed by atoms with Crippen LogP contribution in [0.15, 0.2) is 29.3 Å². The van der Waals surface area contributed by atoms with E-state index in [-0.39, 0.29) is 29.9 Å². The fraction of sp³-hybridized carbons (Fsp3) is 0.579. The number of carbonyl (C=O) groups is 1. The number of amides is 1. The van der Waals surface area contributed by atoms with E-state index in [9.17, 15) is 4.79 Å². The summed E-state index contributed by atoms with van der Waals surface area (Å²) in [6, 6.07) is 7.69. The summed E-state index contributed by atoms with van der Waals surface area (Å²) in [4.78, 5) is 16.3. The van der Waals surface area contributed by atoms with Crippen LogP contribution in [0, 0.1) is 5.92 Å². The maximum Gasteiger partial charge on any atom is 0.251 e. The Hall–Kier alpha value is -1.31. The molecule has 3 N–H and O–H groups in total. The summed E-state index contributed by atoms with van der Waals surface area (Å²) in [5.41, 5.74) is 1.76. The van der Waals surface area contributed by atoms with Crippen molar-refractivity contribution in [2.75, 3.05) is 20.1 Å². The van der Waals surface area contributed by atoms with Crippen molar-refractivity contribution in [3.8, 4) is 0 Å². The van der Waals surface area contributed by atoms with E-state index in [4.69, 9.17) is 0 Å². The van der Waals surface area contributed by atoms with Crippen molar-refractivity contribution in [2.24, 2.45) is 10.9 Å². The molecule has 0 bridgehead atoms. The Morgan fingerprint density at radius 3 is 2.44 bits per heavy atom. The normalized spacial score (nSPS) is 11.0. The minimum Gasteiger partial charge on any atom is -0.356 e. The molecule has 142 valence electrons. The van der Waals surface area contributed by atoms with Crippen LogP contribution in [0.3, 0.4) is 0 Å². The molecular formula is C19H33IN4O. The van der Waals surface area contributed by atoms with Gasteiger partial charge in [0.2, 0.25) is 0 Å². The van der Waals surface area contributed by atoms with Crippen LogP contribution >= 0.6 is 24.0 Å². The second-order valence-electron chi connectivity index (χ2n) is 5.95. The van der Waals surface area contributed by atoms with Gasteiger partial charge in [0, 0.05) is 32.2 Å². The lowest BCUT2D eigenvalue weighted by molar-refractivity contribution is 0.0953. The molecule has 1 rings (SSSR count). The molecule has 0 saturated heterocycles. The summed E-state index contributed by atoms with van der Waals surface area (Å²) >= 11 is 0. The molecule has 1 aromatic rings. The molecule has 0 aliphatic carbocycles. The number of guanidine groups is 1. The molecule has 1 amide bonds. The minimum absolute atomic E-state index is 0. The lowest BCUT2D eigenvalue weighted by Crippen LogP contribution is -2.39. The van der Waals surface area contributed by atoms with Crippen molar-refractivity contribution in [3.63, 3.8) is 0 Å². The van der Waals surface area contributed by atoms with Crippen LogP contribution in [0.4, 0.5) is 0 Å². The van der Waals surface area contributed by atoms with Gasteiger partial charge in [0.1, 0.15) is 0 Å². The quantitative estimate of drug-likeness (QED) is 0.300. The van der Waals surface area contributed by atoms with Gasteiger partial charge in [-0.15, -0.1) is 24.0 Å². The largest absolute Gasteiger partial charge is 0.356 e. The zero-order valence-electron chi connectivity index (χ0n) is 15.9. The Morgan fingerprint density at radius 1 is 1.12 bits per heavy atom. The summed E-state index contributed by atoms with van der Waals surface area (Å²) in [5.74, 6) is 1.44. The number of nitrogens with one attached hydrogen (secondary N) is 3. The Bertz CT molecular complexity index is 530. The zero-order chi connectivity index (χ0) is 17.8. The van der Waals surface area contributed by atoms with E-state index in [1.165, 1.54) is 0 Å². The first-order chi connectivity index (χ1) is 11.6. The maximum absolute atomic E-state index is 12.0. The average molecular weight is 460 g/mol. The number of benzene rings is 1. The molecule has 0 unspecified atom stereocenters. The van der Waals surface area contributed by atoms with Crippen LogP contribution in [-0.4, -0.2) is 32.0 Å².